The summed E-state index contributed by atoms with van der Waals surface area (Å²) in [5.41, 5.74) is 7.49. The molecule has 0 saturated heterocycles. The Bertz CT molecular complexity index is 755. The molecule has 22 heavy (non-hydrogen) atoms. The van der Waals surface area contributed by atoms with E-state index in [1.165, 1.54) is 38.6 Å². The molecule has 0 aliphatic rings. The van der Waals surface area contributed by atoms with E-state index >= 15 is 0 Å². The van der Waals surface area contributed by atoms with Gasteiger partial charge in [-0.3, -0.25) is 0 Å². The maximum atomic E-state index is 4.16. The molecule has 0 heterocycles. The van der Waals surface area contributed by atoms with Gasteiger partial charge in [0.25, 0.3) is 0 Å². The predicted octanol–water partition coefficient (Wildman–Crippen LogP) is 7.02. The van der Waals surface area contributed by atoms with Crippen LogP contribution < -0.4 is 0 Å². The van der Waals surface area contributed by atoms with E-state index in [1.807, 2.05) is 0 Å². The molecule has 0 atom stereocenters. The summed E-state index contributed by atoms with van der Waals surface area (Å²) in [7, 11) is 0. The lowest BCUT2D eigenvalue weighted by molar-refractivity contribution is 1.40. The molecule has 0 heteroatoms. The fraction of sp³-hybridized carbons (Fsp3) is 0.273. The van der Waals surface area contributed by atoms with Crippen LogP contribution in [-0.4, -0.2) is 0 Å². The number of allylic oxidation sites excluding steroid dienone is 5. The van der Waals surface area contributed by atoms with Gasteiger partial charge in [0.15, 0.2) is 0 Å². The van der Waals surface area contributed by atoms with Crippen LogP contribution in [0.5, 0.6) is 0 Å². The van der Waals surface area contributed by atoms with E-state index < -0.39 is 0 Å². The summed E-state index contributed by atoms with van der Waals surface area (Å²) in [6, 6.07) is 11.1. The number of aryl methyl sites for hydroxylation is 2. The molecule has 0 unspecified atom stereocenters. The quantitative estimate of drug-likeness (QED) is 0.533. The minimum atomic E-state index is 0. The van der Waals surface area contributed by atoms with E-state index in [-0.39, 0.29) is 7.43 Å². The van der Waals surface area contributed by atoms with Gasteiger partial charge in [-0.15, -0.1) is 0 Å². The summed E-state index contributed by atoms with van der Waals surface area (Å²) in [6.07, 6.45) is 4.35. The molecule has 2 aromatic carbocycles. The molecule has 0 radical (unpaired) electrons. The van der Waals surface area contributed by atoms with E-state index in [0.717, 1.165) is 5.57 Å². The third kappa shape index (κ3) is 3.57. The Kier molecular flexibility index (Phi) is 5.93. The molecule has 0 nitrogen and oxygen atoms in total. The molecule has 0 aliphatic carbocycles. The smallest absolute Gasteiger partial charge is 0.0146 e. The van der Waals surface area contributed by atoms with Crippen molar-refractivity contribution in [1.29, 1.82) is 0 Å². The molecular weight excluding hydrogens is 264 g/mol. The SMILES string of the molecule is C.C=C(C)/C(=C\C(C)=C/C)c1ccc2cc(C)ccc2c1C. The summed E-state index contributed by atoms with van der Waals surface area (Å²) in [5.74, 6) is 0. The first kappa shape index (κ1) is 18.0. The zero-order chi connectivity index (χ0) is 15.6. The van der Waals surface area contributed by atoms with Gasteiger partial charge in [0, 0.05) is 0 Å². The molecule has 0 fully saturated rings. The summed E-state index contributed by atoms with van der Waals surface area (Å²) >= 11 is 0. The fourth-order valence-electron chi connectivity index (χ4n) is 2.64. The Morgan fingerprint density at radius 1 is 1.05 bits per heavy atom. The van der Waals surface area contributed by atoms with Crippen molar-refractivity contribution in [3.63, 3.8) is 0 Å². The molecule has 2 aromatic rings. The average molecular weight is 292 g/mol. The highest BCUT2D eigenvalue weighted by molar-refractivity contribution is 5.93. The standard InChI is InChI=1S/C21H24.CH4/c1-7-15(4)13-21(14(2)3)20-11-9-18-12-16(5)8-10-19(18)17(20)6;/h7-13H,2H2,1,3-6H3;1H4/b15-7-,21-13+;. The van der Waals surface area contributed by atoms with Gasteiger partial charge in [0.2, 0.25) is 0 Å². The Balaban J connectivity index is 0.00000242. The zero-order valence-corrected chi connectivity index (χ0v) is 13.7. The van der Waals surface area contributed by atoms with Gasteiger partial charge >= 0.3 is 0 Å². The van der Waals surface area contributed by atoms with Crippen LogP contribution in [0, 0.1) is 13.8 Å². The van der Waals surface area contributed by atoms with Crippen molar-refractivity contribution in [1.82, 2.24) is 0 Å². The van der Waals surface area contributed by atoms with Gasteiger partial charge in [-0.05, 0) is 62.1 Å². The summed E-state index contributed by atoms with van der Waals surface area (Å²) < 4.78 is 0. The second-order valence-electron chi connectivity index (χ2n) is 5.83. The van der Waals surface area contributed by atoms with Gasteiger partial charge in [0.05, 0.1) is 0 Å². The van der Waals surface area contributed by atoms with Crippen molar-refractivity contribution < 1.29 is 0 Å². The maximum Gasteiger partial charge on any atom is -0.0146 e. The van der Waals surface area contributed by atoms with E-state index in [2.05, 4.69) is 83.7 Å². The van der Waals surface area contributed by atoms with Crippen LogP contribution >= 0.6 is 0 Å². The first-order valence-corrected chi connectivity index (χ1v) is 7.45. The van der Waals surface area contributed by atoms with Crippen molar-refractivity contribution >= 4 is 16.3 Å². The molecule has 0 aromatic heterocycles. The highest BCUT2D eigenvalue weighted by atomic mass is 14.1. The molecule has 0 amide bonds. The highest BCUT2D eigenvalue weighted by Gasteiger charge is 2.09. The molecule has 0 bridgehead atoms. The van der Waals surface area contributed by atoms with Gasteiger partial charge in [-0.1, -0.05) is 73.2 Å². The predicted molar refractivity (Wildman–Crippen MR) is 102 cm³/mol. The Morgan fingerprint density at radius 3 is 2.32 bits per heavy atom. The normalized spacial score (nSPS) is 12.2. The zero-order valence-electron chi connectivity index (χ0n) is 13.7. The molecular formula is C22H28. The molecule has 0 N–H and O–H groups in total. The number of hydrogen-bond donors (Lipinski definition) is 0. The number of hydrogen-bond acceptors (Lipinski definition) is 0. The van der Waals surface area contributed by atoms with E-state index in [1.54, 1.807) is 0 Å². The molecule has 0 saturated carbocycles. The molecule has 116 valence electrons. The fourth-order valence-corrected chi connectivity index (χ4v) is 2.64. The molecule has 0 spiro atoms. The van der Waals surface area contributed by atoms with Crippen molar-refractivity contribution in [3.8, 4) is 0 Å². The summed E-state index contributed by atoms with van der Waals surface area (Å²) in [5, 5.41) is 2.63. The van der Waals surface area contributed by atoms with Gasteiger partial charge in [0.1, 0.15) is 0 Å². The lowest BCUT2D eigenvalue weighted by atomic mass is 9.90. The summed E-state index contributed by atoms with van der Waals surface area (Å²) in [6.45, 7) is 14.8. The monoisotopic (exact) mass is 292 g/mol. The van der Waals surface area contributed by atoms with Crippen molar-refractivity contribution in [3.05, 3.63) is 76.9 Å². The maximum absolute atomic E-state index is 4.16. The van der Waals surface area contributed by atoms with E-state index in [0.29, 0.717) is 0 Å². The average Bonchev–Trinajstić information content (AvgIpc) is 2.45. The van der Waals surface area contributed by atoms with Crippen LogP contribution in [0.2, 0.25) is 0 Å². The van der Waals surface area contributed by atoms with Crippen LogP contribution in [0.1, 0.15) is 44.9 Å². The first-order chi connectivity index (χ1) is 9.93. The van der Waals surface area contributed by atoms with Gasteiger partial charge < -0.3 is 0 Å². The number of benzene rings is 2. The van der Waals surface area contributed by atoms with Crippen LogP contribution in [0.25, 0.3) is 16.3 Å². The number of rotatable bonds is 3. The Labute approximate surface area is 135 Å². The second kappa shape index (κ2) is 7.26. The topological polar surface area (TPSA) is 0 Å². The lowest BCUT2D eigenvalue weighted by Crippen LogP contribution is -1.93. The van der Waals surface area contributed by atoms with Gasteiger partial charge in [-0.2, -0.15) is 0 Å². The lowest BCUT2D eigenvalue weighted by Gasteiger charge is -2.14. The van der Waals surface area contributed by atoms with Crippen LogP contribution in [0.4, 0.5) is 0 Å². The summed E-state index contributed by atoms with van der Waals surface area (Å²) in [4.78, 5) is 0. The van der Waals surface area contributed by atoms with Crippen molar-refractivity contribution in [2.45, 2.75) is 42.0 Å². The van der Waals surface area contributed by atoms with Crippen LogP contribution in [0.3, 0.4) is 0 Å². The minimum absolute atomic E-state index is 0. The van der Waals surface area contributed by atoms with E-state index in [9.17, 15) is 0 Å². The third-order valence-corrected chi connectivity index (χ3v) is 4.02. The van der Waals surface area contributed by atoms with Crippen molar-refractivity contribution in [2.75, 3.05) is 0 Å². The van der Waals surface area contributed by atoms with E-state index in [4.69, 9.17) is 0 Å². The third-order valence-electron chi connectivity index (χ3n) is 4.02. The highest BCUT2D eigenvalue weighted by Crippen LogP contribution is 2.31. The van der Waals surface area contributed by atoms with Crippen LogP contribution in [0.15, 0.2) is 60.2 Å². The molecule has 2 rings (SSSR count). The number of fused-ring (bicyclic) bond motifs is 1. The van der Waals surface area contributed by atoms with Crippen molar-refractivity contribution in [2.24, 2.45) is 0 Å². The first-order valence-electron chi connectivity index (χ1n) is 7.45. The minimum Gasteiger partial charge on any atom is -0.0955 e. The molecule has 0 aliphatic heterocycles. The largest absolute Gasteiger partial charge is 0.0955 e. The van der Waals surface area contributed by atoms with Crippen LogP contribution in [-0.2, 0) is 0 Å². The second-order valence-corrected chi connectivity index (χ2v) is 5.83. The van der Waals surface area contributed by atoms with Gasteiger partial charge in [-0.25, -0.2) is 0 Å². The Morgan fingerprint density at radius 2 is 1.73 bits per heavy atom. The Hall–Kier alpha value is -2.08.